The molecule has 0 amide bonds. The molecule has 2 aromatic carbocycles. The highest BCUT2D eigenvalue weighted by atomic mass is 16.5. The Morgan fingerprint density at radius 3 is 2.65 bits per heavy atom. The normalized spacial score (nSPS) is 20.2. The zero-order chi connectivity index (χ0) is 13.9. The molecule has 1 heterocycles. The van der Waals surface area contributed by atoms with E-state index in [4.69, 9.17) is 4.74 Å². The van der Waals surface area contributed by atoms with Crippen LogP contribution < -0.4 is 4.74 Å². The van der Waals surface area contributed by atoms with Crippen molar-refractivity contribution in [3.63, 3.8) is 0 Å². The smallest absolute Gasteiger partial charge is 0.126 e. The number of rotatable bonds is 3. The molecule has 3 rings (SSSR count). The molecule has 0 aromatic heterocycles. The third-order valence-electron chi connectivity index (χ3n) is 4.51. The molecule has 1 saturated heterocycles. The van der Waals surface area contributed by atoms with Crippen LogP contribution in [-0.4, -0.2) is 24.6 Å². The van der Waals surface area contributed by atoms with E-state index in [1.54, 1.807) is 7.11 Å². The Morgan fingerprint density at radius 2 is 1.90 bits per heavy atom. The number of methoxy groups -OCH3 is 1. The minimum Gasteiger partial charge on any atom is -0.496 e. The van der Waals surface area contributed by atoms with Crippen LogP contribution in [0.15, 0.2) is 36.4 Å². The number of likely N-dealkylation sites (tertiary alicyclic amines) is 1. The van der Waals surface area contributed by atoms with Gasteiger partial charge in [-0.1, -0.05) is 36.8 Å². The van der Waals surface area contributed by atoms with E-state index < -0.39 is 0 Å². The van der Waals surface area contributed by atoms with Gasteiger partial charge in [0, 0.05) is 18.0 Å². The Labute approximate surface area is 121 Å². The molecule has 2 nitrogen and oxygen atoms in total. The first-order chi connectivity index (χ1) is 9.79. The Bertz CT molecular complexity index is 593. The quantitative estimate of drug-likeness (QED) is 0.827. The molecule has 0 bridgehead atoms. The molecule has 0 unspecified atom stereocenters. The van der Waals surface area contributed by atoms with E-state index in [2.05, 4.69) is 48.2 Å². The second kappa shape index (κ2) is 5.84. The number of hydrogen-bond donors (Lipinski definition) is 0. The van der Waals surface area contributed by atoms with Gasteiger partial charge in [-0.05, 0) is 43.3 Å². The van der Waals surface area contributed by atoms with Crippen molar-refractivity contribution in [2.24, 2.45) is 0 Å². The first-order valence-electron chi connectivity index (χ1n) is 7.58. The lowest BCUT2D eigenvalue weighted by molar-refractivity contribution is 0.153. The fourth-order valence-corrected chi connectivity index (χ4v) is 3.26. The molecule has 1 aliphatic rings. The summed E-state index contributed by atoms with van der Waals surface area (Å²) in [5, 5.41) is 2.54. The van der Waals surface area contributed by atoms with E-state index in [0.29, 0.717) is 6.04 Å². The van der Waals surface area contributed by atoms with Crippen molar-refractivity contribution in [2.75, 3.05) is 13.7 Å². The van der Waals surface area contributed by atoms with Gasteiger partial charge in [0.15, 0.2) is 0 Å². The topological polar surface area (TPSA) is 12.5 Å². The van der Waals surface area contributed by atoms with Gasteiger partial charge >= 0.3 is 0 Å². The molecule has 106 valence electrons. The maximum atomic E-state index is 5.48. The standard InChI is InChI=1S/C18H23NO/c1-14-7-5-6-12-19(14)13-15-10-11-18(20-2)17-9-4-3-8-16(15)17/h3-4,8-11,14H,5-7,12-13H2,1-2H3/t14-/m0/s1. The van der Waals surface area contributed by atoms with E-state index in [1.807, 2.05) is 0 Å². The van der Waals surface area contributed by atoms with Crippen molar-refractivity contribution in [1.82, 2.24) is 4.90 Å². The van der Waals surface area contributed by atoms with Gasteiger partial charge in [0.1, 0.15) is 5.75 Å². The van der Waals surface area contributed by atoms with Crippen LogP contribution in [0.3, 0.4) is 0 Å². The molecule has 0 N–H and O–H groups in total. The maximum Gasteiger partial charge on any atom is 0.126 e. The third kappa shape index (κ3) is 2.53. The van der Waals surface area contributed by atoms with Crippen LogP contribution >= 0.6 is 0 Å². The van der Waals surface area contributed by atoms with Crippen molar-refractivity contribution >= 4 is 10.8 Å². The van der Waals surface area contributed by atoms with Gasteiger partial charge in [0.25, 0.3) is 0 Å². The molecule has 20 heavy (non-hydrogen) atoms. The van der Waals surface area contributed by atoms with Gasteiger partial charge in [-0.15, -0.1) is 0 Å². The summed E-state index contributed by atoms with van der Waals surface area (Å²) >= 11 is 0. The molecule has 2 aromatic rings. The highest BCUT2D eigenvalue weighted by Crippen LogP contribution is 2.30. The fraction of sp³-hybridized carbons (Fsp3) is 0.444. The van der Waals surface area contributed by atoms with Gasteiger partial charge in [-0.25, -0.2) is 0 Å². The van der Waals surface area contributed by atoms with Crippen LogP contribution in [0.25, 0.3) is 10.8 Å². The van der Waals surface area contributed by atoms with Gasteiger partial charge in [-0.3, -0.25) is 4.90 Å². The highest BCUT2D eigenvalue weighted by Gasteiger charge is 2.19. The summed E-state index contributed by atoms with van der Waals surface area (Å²) < 4.78 is 5.48. The van der Waals surface area contributed by atoms with Crippen molar-refractivity contribution in [3.8, 4) is 5.75 Å². The van der Waals surface area contributed by atoms with E-state index in [9.17, 15) is 0 Å². The monoisotopic (exact) mass is 269 g/mol. The van der Waals surface area contributed by atoms with Gasteiger partial charge in [0.05, 0.1) is 7.11 Å². The van der Waals surface area contributed by atoms with Gasteiger partial charge in [0.2, 0.25) is 0 Å². The molecule has 0 spiro atoms. The summed E-state index contributed by atoms with van der Waals surface area (Å²) in [5.41, 5.74) is 1.41. The minimum absolute atomic E-state index is 0.699. The van der Waals surface area contributed by atoms with Crippen LogP contribution in [0, 0.1) is 0 Å². The summed E-state index contributed by atoms with van der Waals surface area (Å²) in [6.45, 7) is 4.62. The fourth-order valence-electron chi connectivity index (χ4n) is 3.26. The first kappa shape index (κ1) is 13.4. The number of hydrogen-bond acceptors (Lipinski definition) is 2. The van der Waals surface area contributed by atoms with Crippen molar-refractivity contribution in [1.29, 1.82) is 0 Å². The zero-order valence-electron chi connectivity index (χ0n) is 12.4. The first-order valence-corrected chi connectivity index (χ1v) is 7.58. The predicted molar refractivity (Wildman–Crippen MR) is 84.2 cm³/mol. The number of ether oxygens (including phenoxy) is 1. The molecule has 1 fully saturated rings. The van der Waals surface area contributed by atoms with Crippen LogP contribution in [0.2, 0.25) is 0 Å². The summed E-state index contributed by atoms with van der Waals surface area (Å²) in [6, 6.07) is 13.6. The van der Waals surface area contributed by atoms with Crippen molar-refractivity contribution < 1.29 is 4.74 Å². The maximum absolute atomic E-state index is 5.48. The Hall–Kier alpha value is -1.54. The Kier molecular flexibility index (Phi) is 3.93. The molecule has 0 radical (unpaired) electrons. The molecule has 0 saturated carbocycles. The highest BCUT2D eigenvalue weighted by molar-refractivity contribution is 5.91. The van der Waals surface area contributed by atoms with Gasteiger partial charge < -0.3 is 4.74 Å². The second-order valence-electron chi connectivity index (χ2n) is 5.79. The Balaban J connectivity index is 1.95. The SMILES string of the molecule is COc1ccc(CN2CCCC[C@@H]2C)c2ccccc12. The second-order valence-corrected chi connectivity index (χ2v) is 5.79. The van der Waals surface area contributed by atoms with Gasteiger partial charge in [-0.2, -0.15) is 0 Å². The Morgan fingerprint density at radius 1 is 1.10 bits per heavy atom. The van der Waals surface area contributed by atoms with Crippen LogP contribution in [0.1, 0.15) is 31.7 Å². The summed E-state index contributed by atoms with van der Waals surface area (Å²) in [7, 11) is 1.74. The lowest BCUT2D eigenvalue weighted by Crippen LogP contribution is -2.36. The predicted octanol–water partition coefficient (Wildman–Crippen LogP) is 4.22. The molecule has 0 aliphatic carbocycles. The molecule has 1 aliphatic heterocycles. The van der Waals surface area contributed by atoms with Crippen molar-refractivity contribution in [3.05, 3.63) is 42.0 Å². The van der Waals surface area contributed by atoms with E-state index in [-0.39, 0.29) is 0 Å². The largest absolute Gasteiger partial charge is 0.496 e. The summed E-state index contributed by atoms with van der Waals surface area (Å²) in [5.74, 6) is 0.969. The average molecular weight is 269 g/mol. The van der Waals surface area contributed by atoms with E-state index >= 15 is 0 Å². The van der Waals surface area contributed by atoms with Crippen LogP contribution in [0.4, 0.5) is 0 Å². The summed E-state index contributed by atoms with van der Waals surface area (Å²) in [4.78, 5) is 2.61. The molecular formula is C18H23NO. The van der Waals surface area contributed by atoms with Crippen LogP contribution in [-0.2, 0) is 6.54 Å². The minimum atomic E-state index is 0.699. The number of nitrogens with zero attached hydrogens (tertiary/aromatic N) is 1. The van der Waals surface area contributed by atoms with Crippen LogP contribution in [0.5, 0.6) is 5.75 Å². The number of fused-ring (bicyclic) bond motifs is 1. The zero-order valence-corrected chi connectivity index (χ0v) is 12.4. The van der Waals surface area contributed by atoms with Crippen molar-refractivity contribution in [2.45, 2.75) is 38.8 Å². The average Bonchev–Trinajstić information content (AvgIpc) is 2.50. The molecular weight excluding hydrogens is 246 g/mol. The number of benzene rings is 2. The summed E-state index contributed by atoms with van der Waals surface area (Å²) in [6.07, 6.45) is 4.04. The van der Waals surface area contributed by atoms with E-state index in [0.717, 1.165) is 12.3 Å². The molecule has 1 atom stereocenters. The lowest BCUT2D eigenvalue weighted by Gasteiger charge is -2.33. The number of piperidine rings is 1. The van der Waals surface area contributed by atoms with E-state index in [1.165, 1.54) is 42.1 Å². The molecule has 2 heteroatoms. The lowest BCUT2D eigenvalue weighted by atomic mass is 9.99. The third-order valence-corrected chi connectivity index (χ3v) is 4.51.